The molecule has 0 aromatic heterocycles. The number of carbonyl (C=O) groups is 1. The molecular weight excluding hydrogens is 338 g/mol. The lowest BCUT2D eigenvalue weighted by atomic mass is 9.78. The molecule has 2 aliphatic heterocycles. The first-order valence-electron chi connectivity index (χ1n) is 8.76. The molecule has 7 heteroatoms. The van der Waals surface area contributed by atoms with Crippen LogP contribution in [-0.2, 0) is 9.31 Å². The molecule has 3 rings (SSSR count). The Bertz CT molecular complexity index is 664. The molecule has 1 N–H and O–H groups in total. The predicted octanol–water partition coefficient (Wildman–Crippen LogP) is 2.07. The van der Waals surface area contributed by atoms with Gasteiger partial charge in [-0.2, -0.15) is 0 Å². The first-order valence-corrected chi connectivity index (χ1v) is 9.14. The van der Waals surface area contributed by atoms with Crippen LogP contribution < -0.4 is 10.8 Å². The minimum Gasteiger partial charge on any atom is -0.399 e. The van der Waals surface area contributed by atoms with Crippen LogP contribution in [0.15, 0.2) is 18.2 Å². The quantitative estimate of drug-likeness (QED) is 0.834. The van der Waals surface area contributed by atoms with Crippen LogP contribution in [-0.4, -0.2) is 55.3 Å². The molecule has 2 aliphatic rings. The van der Waals surface area contributed by atoms with Crippen molar-refractivity contribution in [2.45, 2.75) is 51.4 Å². The number of nitrogens with one attached hydrogen (secondary N) is 1. The maximum absolute atomic E-state index is 12.8. The Kier molecular flexibility index (Phi) is 4.92. The van der Waals surface area contributed by atoms with E-state index in [9.17, 15) is 4.79 Å². The summed E-state index contributed by atoms with van der Waals surface area (Å²) in [5.74, 6) is 0.0205. The maximum Gasteiger partial charge on any atom is 0.496 e. The van der Waals surface area contributed by atoms with Gasteiger partial charge in [0.05, 0.1) is 11.2 Å². The van der Waals surface area contributed by atoms with E-state index in [2.05, 4.69) is 5.32 Å². The van der Waals surface area contributed by atoms with E-state index in [1.165, 1.54) is 0 Å². The summed E-state index contributed by atoms with van der Waals surface area (Å²) >= 11 is 6.38. The molecule has 0 saturated carbocycles. The number of likely N-dealkylation sites (tertiary alicyclic amines) is 1. The topological polar surface area (TPSA) is 50.8 Å². The summed E-state index contributed by atoms with van der Waals surface area (Å²) in [5.41, 5.74) is 0.424. The number of carbonyl (C=O) groups excluding carboxylic acids is 1. The van der Waals surface area contributed by atoms with Gasteiger partial charge in [0.25, 0.3) is 5.91 Å². The number of nitrogens with zero attached hydrogens (tertiary/aromatic N) is 1. The molecular formula is C18H26BClN2O3. The van der Waals surface area contributed by atoms with E-state index in [1.54, 1.807) is 18.2 Å². The van der Waals surface area contributed by atoms with E-state index in [1.807, 2.05) is 39.6 Å². The van der Waals surface area contributed by atoms with E-state index in [-0.39, 0.29) is 5.91 Å². The highest BCUT2D eigenvalue weighted by Crippen LogP contribution is 2.37. The number of rotatable bonds is 3. The number of halogens is 1. The van der Waals surface area contributed by atoms with Gasteiger partial charge in [-0.25, -0.2) is 0 Å². The number of hydrogen-bond donors (Lipinski definition) is 1. The molecule has 2 saturated heterocycles. The molecule has 1 aromatic rings. The van der Waals surface area contributed by atoms with Gasteiger partial charge in [0.2, 0.25) is 0 Å². The zero-order valence-electron chi connectivity index (χ0n) is 15.6. The van der Waals surface area contributed by atoms with Gasteiger partial charge in [-0.05, 0) is 59.4 Å². The van der Waals surface area contributed by atoms with Crippen LogP contribution in [0.5, 0.6) is 0 Å². The standard InChI is InChI=1S/C18H26BClN2O3/c1-17(2)18(3,4)25-19(24-17)14-10-12(6-7-15(14)20)16(23)22-9-8-13(11-22)21-5/h6-7,10,13,21H,8-9,11H2,1-5H3. The van der Waals surface area contributed by atoms with Crippen molar-refractivity contribution < 1.29 is 14.1 Å². The monoisotopic (exact) mass is 364 g/mol. The largest absolute Gasteiger partial charge is 0.496 e. The van der Waals surface area contributed by atoms with E-state index < -0.39 is 18.3 Å². The van der Waals surface area contributed by atoms with E-state index in [0.717, 1.165) is 19.5 Å². The van der Waals surface area contributed by atoms with Crippen molar-refractivity contribution in [3.8, 4) is 0 Å². The zero-order valence-corrected chi connectivity index (χ0v) is 16.3. The fourth-order valence-electron chi connectivity index (χ4n) is 3.19. The molecule has 2 fully saturated rings. The Hall–Kier alpha value is -1.08. The second kappa shape index (κ2) is 6.58. The lowest BCUT2D eigenvalue weighted by Crippen LogP contribution is -2.41. The number of hydrogen-bond acceptors (Lipinski definition) is 4. The smallest absolute Gasteiger partial charge is 0.399 e. The van der Waals surface area contributed by atoms with Gasteiger partial charge in [-0.3, -0.25) is 4.79 Å². The van der Waals surface area contributed by atoms with Crippen LogP contribution in [0, 0.1) is 0 Å². The lowest BCUT2D eigenvalue weighted by Gasteiger charge is -2.32. The zero-order chi connectivity index (χ0) is 18.4. The van der Waals surface area contributed by atoms with Crippen molar-refractivity contribution in [1.82, 2.24) is 10.2 Å². The first kappa shape index (κ1) is 18.7. The van der Waals surface area contributed by atoms with Crippen LogP contribution in [0.1, 0.15) is 44.5 Å². The molecule has 2 heterocycles. The van der Waals surface area contributed by atoms with Gasteiger partial charge < -0.3 is 19.5 Å². The Labute approximate surface area is 155 Å². The number of amides is 1. The Morgan fingerprint density at radius 1 is 1.28 bits per heavy atom. The molecule has 0 aliphatic carbocycles. The van der Waals surface area contributed by atoms with Crippen LogP contribution in [0.3, 0.4) is 0 Å². The number of benzene rings is 1. The second-order valence-electron chi connectivity index (χ2n) is 7.85. The predicted molar refractivity (Wildman–Crippen MR) is 101 cm³/mol. The van der Waals surface area contributed by atoms with Gasteiger partial charge >= 0.3 is 7.12 Å². The average molecular weight is 365 g/mol. The summed E-state index contributed by atoms with van der Waals surface area (Å²) in [6, 6.07) is 5.69. The Morgan fingerprint density at radius 3 is 2.48 bits per heavy atom. The van der Waals surface area contributed by atoms with E-state index >= 15 is 0 Å². The van der Waals surface area contributed by atoms with Crippen LogP contribution >= 0.6 is 11.6 Å². The van der Waals surface area contributed by atoms with Crippen LogP contribution in [0.4, 0.5) is 0 Å². The molecule has 0 spiro atoms. The number of likely N-dealkylation sites (N-methyl/N-ethyl adjacent to an activating group) is 1. The Balaban J connectivity index is 1.83. The van der Waals surface area contributed by atoms with Crippen molar-refractivity contribution in [3.05, 3.63) is 28.8 Å². The van der Waals surface area contributed by atoms with Crippen molar-refractivity contribution in [2.75, 3.05) is 20.1 Å². The third-order valence-corrected chi connectivity index (χ3v) is 5.98. The highest BCUT2D eigenvalue weighted by molar-refractivity contribution is 6.65. The summed E-state index contributed by atoms with van der Waals surface area (Å²) in [7, 11) is 1.35. The third-order valence-electron chi connectivity index (χ3n) is 5.63. The highest BCUT2D eigenvalue weighted by atomic mass is 35.5. The van der Waals surface area contributed by atoms with Crippen molar-refractivity contribution in [2.24, 2.45) is 0 Å². The third kappa shape index (κ3) is 3.45. The minimum absolute atomic E-state index is 0.0205. The molecule has 136 valence electrons. The van der Waals surface area contributed by atoms with Crippen LogP contribution in [0.25, 0.3) is 0 Å². The van der Waals surface area contributed by atoms with Gasteiger partial charge in [-0.15, -0.1) is 0 Å². The van der Waals surface area contributed by atoms with Gasteiger partial charge in [0, 0.05) is 35.2 Å². The fraction of sp³-hybridized carbons (Fsp3) is 0.611. The van der Waals surface area contributed by atoms with Crippen molar-refractivity contribution in [3.63, 3.8) is 0 Å². The van der Waals surface area contributed by atoms with E-state index in [0.29, 0.717) is 22.1 Å². The minimum atomic E-state index is -0.575. The van der Waals surface area contributed by atoms with E-state index in [4.69, 9.17) is 20.9 Å². The molecule has 1 unspecified atom stereocenters. The van der Waals surface area contributed by atoms with Gasteiger partial charge in [-0.1, -0.05) is 11.6 Å². The fourth-order valence-corrected chi connectivity index (χ4v) is 3.40. The highest BCUT2D eigenvalue weighted by Gasteiger charge is 2.52. The van der Waals surface area contributed by atoms with Gasteiger partial charge in [0.15, 0.2) is 0 Å². The average Bonchev–Trinajstić information content (AvgIpc) is 3.09. The van der Waals surface area contributed by atoms with Crippen molar-refractivity contribution in [1.29, 1.82) is 0 Å². The molecule has 1 aromatic carbocycles. The first-order chi connectivity index (χ1) is 11.6. The lowest BCUT2D eigenvalue weighted by molar-refractivity contribution is 0.00578. The normalized spacial score (nSPS) is 24.8. The SMILES string of the molecule is CNC1CCN(C(=O)c2ccc(Cl)c(B3OC(C)(C)C(C)(C)O3)c2)C1. The molecule has 1 amide bonds. The van der Waals surface area contributed by atoms with Crippen molar-refractivity contribution >= 4 is 30.1 Å². The van der Waals surface area contributed by atoms with Gasteiger partial charge in [0.1, 0.15) is 0 Å². The summed E-state index contributed by atoms with van der Waals surface area (Å²) in [4.78, 5) is 14.7. The molecule has 5 nitrogen and oxygen atoms in total. The summed E-state index contributed by atoms with van der Waals surface area (Å²) in [6.07, 6.45) is 0.972. The summed E-state index contributed by atoms with van der Waals surface area (Å²) < 4.78 is 12.2. The summed E-state index contributed by atoms with van der Waals surface area (Å²) in [6.45, 7) is 9.48. The molecule has 0 radical (unpaired) electrons. The Morgan fingerprint density at radius 2 is 1.92 bits per heavy atom. The molecule has 0 bridgehead atoms. The maximum atomic E-state index is 12.8. The molecule has 25 heavy (non-hydrogen) atoms. The summed E-state index contributed by atoms with van der Waals surface area (Å²) in [5, 5.41) is 3.77. The van der Waals surface area contributed by atoms with Crippen LogP contribution in [0.2, 0.25) is 5.02 Å². The molecule has 1 atom stereocenters. The second-order valence-corrected chi connectivity index (χ2v) is 8.26.